The zero-order valence-electron chi connectivity index (χ0n) is 12.9. The van der Waals surface area contributed by atoms with Crippen LogP contribution in [0.15, 0.2) is 30.5 Å². The van der Waals surface area contributed by atoms with Crippen molar-refractivity contribution in [2.45, 2.75) is 26.8 Å². The van der Waals surface area contributed by atoms with E-state index in [0.29, 0.717) is 16.9 Å². The third kappa shape index (κ3) is 3.33. The van der Waals surface area contributed by atoms with Crippen LogP contribution in [0.3, 0.4) is 0 Å². The van der Waals surface area contributed by atoms with Gasteiger partial charge in [-0.1, -0.05) is 6.92 Å². The van der Waals surface area contributed by atoms with Gasteiger partial charge in [-0.15, -0.1) is 0 Å². The highest BCUT2D eigenvalue weighted by Crippen LogP contribution is 2.15. The molecule has 5 nitrogen and oxygen atoms in total. The second-order valence-electron chi connectivity index (χ2n) is 5.45. The lowest BCUT2D eigenvalue weighted by Crippen LogP contribution is -2.38. The first-order valence-corrected chi connectivity index (χ1v) is 7.16. The van der Waals surface area contributed by atoms with Gasteiger partial charge in [0.15, 0.2) is 0 Å². The number of nitrogens with zero attached hydrogens (tertiary/aromatic N) is 2. The molecular formula is C16H20FN3O2. The molecule has 0 bridgehead atoms. The molecule has 1 aromatic heterocycles. The minimum absolute atomic E-state index is 0.00920. The molecule has 2 atom stereocenters. The fraction of sp³-hybridized carbons (Fsp3) is 0.375. The fourth-order valence-corrected chi connectivity index (χ4v) is 2.06. The van der Waals surface area contributed by atoms with Crippen molar-refractivity contribution < 1.29 is 14.3 Å². The van der Waals surface area contributed by atoms with E-state index in [4.69, 9.17) is 5.11 Å². The highest BCUT2D eigenvalue weighted by atomic mass is 19.1. The predicted molar refractivity (Wildman–Crippen MR) is 81.4 cm³/mol. The zero-order chi connectivity index (χ0) is 16.3. The summed E-state index contributed by atoms with van der Waals surface area (Å²) in [6.07, 6.45) is 1.49. The molecule has 1 heterocycles. The summed E-state index contributed by atoms with van der Waals surface area (Å²) >= 11 is 0. The molecule has 2 rings (SSSR count). The zero-order valence-corrected chi connectivity index (χ0v) is 12.9. The first-order valence-electron chi connectivity index (χ1n) is 7.16. The number of carbonyl (C=O) groups is 1. The van der Waals surface area contributed by atoms with Gasteiger partial charge in [0.25, 0.3) is 5.91 Å². The van der Waals surface area contributed by atoms with Gasteiger partial charge in [-0.25, -0.2) is 9.07 Å². The van der Waals surface area contributed by atoms with Crippen molar-refractivity contribution in [2.75, 3.05) is 6.61 Å². The molecule has 0 aliphatic carbocycles. The number of aliphatic hydroxyl groups is 1. The molecule has 0 spiro atoms. The summed E-state index contributed by atoms with van der Waals surface area (Å²) in [5.41, 5.74) is 1.82. The number of amides is 1. The van der Waals surface area contributed by atoms with Crippen LogP contribution in [-0.2, 0) is 0 Å². The largest absolute Gasteiger partial charge is 0.396 e. The molecule has 2 N–H and O–H groups in total. The molecule has 118 valence electrons. The summed E-state index contributed by atoms with van der Waals surface area (Å²) in [4.78, 5) is 12.3. The van der Waals surface area contributed by atoms with E-state index < -0.39 is 0 Å². The van der Waals surface area contributed by atoms with E-state index in [1.165, 1.54) is 18.3 Å². The fourth-order valence-electron chi connectivity index (χ4n) is 2.06. The Balaban J connectivity index is 2.20. The smallest absolute Gasteiger partial charge is 0.254 e. The average molecular weight is 305 g/mol. The first-order chi connectivity index (χ1) is 10.4. The molecule has 0 radical (unpaired) electrons. The van der Waals surface area contributed by atoms with E-state index in [0.717, 1.165) is 0 Å². The van der Waals surface area contributed by atoms with E-state index >= 15 is 0 Å². The van der Waals surface area contributed by atoms with Crippen LogP contribution in [0.1, 0.15) is 29.9 Å². The summed E-state index contributed by atoms with van der Waals surface area (Å²) < 4.78 is 14.6. The van der Waals surface area contributed by atoms with Gasteiger partial charge in [0.1, 0.15) is 5.82 Å². The maximum absolute atomic E-state index is 13.0. The van der Waals surface area contributed by atoms with Crippen molar-refractivity contribution in [3.63, 3.8) is 0 Å². The molecule has 22 heavy (non-hydrogen) atoms. The number of rotatable bonds is 5. The van der Waals surface area contributed by atoms with E-state index in [-0.39, 0.29) is 30.3 Å². The van der Waals surface area contributed by atoms with Crippen molar-refractivity contribution in [2.24, 2.45) is 5.92 Å². The molecule has 2 unspecified atom stereocenters. The molecule has 1 aromatic carbocycles. The lowest BCUT2D eigenvalue weighted by Gasteiger charge is -2.19. The van der Waals surface area contributed by atoms with Gasteiger partial charge in [-0.3, -0.25) is 4.79 Å². The molecule has 1 amide bonds. The first kappa shape index (κ1) is 16.2. The molecule has 0 aliphatic heterocycles. The second-order valence-corrected chi connectivity index (χ2v) is 5.45. The third-order valence-electron chi connectivity index (χ3n) is 3.83. The normalized spacial score (nSPS) is 13.7. The Morgan fingerprint density at radius 1 is 1.36 bits per heavy atom. The Hall–Kier alpha value is -2.21. The highest BCUT2D eigenvalue weighted by Gasteiger charge is 2.19. The van der Waals surface area contributed by atoms with Crippen LogP contribution in [0.2, 0.25) is 0 Å². The van der Waals surface area contributed by atoms with Crippen LogP contribution >= 0.6 is 0 Å². The second kappa shape index (κ2) is 6.70. The predicted octanol–water partition coefficient (Wildman–Crippen LogP) is 2.07. The van der Waals surface area contributed by atoms with E-state index in [1.54, 1.807) is 23.7 Å². The Bertz CT molecular complexity index is 652. The topological polar surface area (TPSA) is 67.2 Å². The SMILES string of the molecule is Cc1c(C(=O)NC(C)C(C)CO)cnn1-c1ccc(F)cc1. The number of nitrogens with one attached hydrogen (secondary N) is 1. The summed E-state index contributed by atoms with van der Waals surface area (Å²) in [6, 6.07) is 5.76. The van der Waals surface area contributed by atoms with Crippen molar-refractivity contribution in [3.8, 4) is 5.69 Å². The maximum Gasteiger partial charge on any atom is 0.254 e. The molecule has 2 aromatic rings. The number of benzene rings is 1. The summed E-state index contributed by atoms with van der Waals surface area (Å²) in [5.74, 6) is -0.589. The lowest BCUT2D eigenvalue weighted by molar-refractivity contribution is 0.0915. The average Bonchev–Trinajstić information content (AvgIpc) is 2.89. The quantitative estimate of drug-likeness (QED) is 0.888. The molecule has 0 saturated heterocycles. The van der Waals surface area contributed by atoms with E-state index in [9.17, 15) is 9.18 Å². The summed E-state index contributed by atoms with van der Waals surface area (Å²) in [7, 11) is 0. The minimum atomic E-state index is -0.321. The molecule has 0 aliphatic rings. The number of aromatic nitrogens is 2. The van der Waals surface area contributed by atoms with Crippen LogP contribution < -0.4 is 5.32 Å². The Morgan fingerprint density at radius 3 is 2.59 bits per heavy atom. The number of hydrogen-bond donors (Lipinski definition) is 2. The van der Waals surface area contributed by atoms with Crippen molar-refractivity contribution >= 4 is 5.91 Å². The Labute approximate surface area is 128 Å². The van der Waals surface area contributed by atoms with Crippen molar-refractivity contribution in [3.05, 3.63) is 47.5 Å². The van der Waals surface area contributed by atoms with Gasteiger partial charge >= 0.3 is 0 Å². The number of hydrogen-bond acceptors (Lipinski definition) is 3. The van der Waals surface area contributed by atoms with Crippen LogP contribution in [-0.4, -0.2) is 33.4 Å². The molecular weight excluding hydrogens is 285 g/mol. The van der Waals surface area contributed by atoms with Crippen LogP contribution in [0.25, 0.3) is 5.69 Å². The number of halogens is 1. The van der Waals surface area contributed by atoms with E-state index in [2.05, 4.69) is 10.4 Å². The molecule has 6 heteroatoms. The van der Waals surface area contributed by atoms with Crippen LogP contribution in [0.4, 0.5) is 4.39 Å². The highest BCUT2D eigenvalue weighted by molar-refractivity contribution is 5.95. The lowest BCUT2D eigenvalue weighted by atomic mass is 10.0. The Kier molecular flexibility index (Phi) is 4.92. The van der Waals surface area contributed by atoms with Crippen molar-refractivity contribution in [1.29, 1.82) is 0 Å². The van der Waals surface area contributed by atoms with Gasteiger partial charge in [0.2, 0.25) is 0 Å². The standard InChI is InChI=1S/C16H20FN3O2/c1-10(9-21)11(2)19-16(22)15-8-18-20(12(15)3)14-6-4-13(17)5-7-14/h4-8,10-11,21H,9H2,1-3H3,(H,19,22). The summed E-state index contributed by atoms with van der Waals surface area (Å²) in [6.45, 7) is 5.50. The number of aliphatic hydroxyl groups excluding tert-OH is 1. The van der Waals surface area contributed by atoms with Gasteiger partial charge in [0.05, 0.1) is 23.1 Å². The van der Waals surface area contributed by atoms with Gasteiger partial charge in [0, 0.05) is 12.6 Å². The third-order valence-corrected chi connectivity index (χ3v) is 3.83. The van der Waals surface area contributed by atoms with E-state index in [1.807, 2.05) is 13.8 Å². The Morgan fingerprint density at radius 2 is 2.00 bits per heavy atom. The monoisotopic (exact) mass is 305 g/mol. The van der Waals surface area contributed by atoms with Gasteiger partial charge < -0.3 is 10.4 Å². The number of carbonyl (C=O) groups excluding carboxylic acids is 1. The van der Waals surface area contributed by atoms with Crippen LogP contribution in [0.5, 0.6) is 0 Å². The molecule has 0 saturated carbocycles. The summed E-state index contributed by atoms with van der Waals surface area (Å²) in [5, 5.41) is 16.2. The van der Waals surface area contributed by atoms with Gasteiger partial charge in [-0.2, -0.15) is 5.10 Å². The van der Waals surface area contributed by atoms with Crippen molar-refractivity contribution in [1.82, 2.24) is 15.1 Å². The maximum atomic E-state index is 13.0. The van der Waals surface area contributed by atoms with Crippen LogP contribution in [0, 0.1) is 18.7 Å². The molecule has 0 fully saturated rings. The van der Waals surface area contributed by atoms with Gasteiger partial charge in [-0.05, 0) is 44.0 Å². The minimum Gasteiger partial charge on any atom is -0.396 e.